The van der Waals surface area contributed by atoms with Crippen molar-refractivity contribution in [3.8, 4) is 17.2 Å². The van der Waals surface area contributed by atoms with Crippen LogP contribution in [0.4, 0.5) is 8.78 Å². The van der Waals surface area contributed by atoms with E-state index in [2.05, 4.69) is 5.16 Å². The zero-order valence-corrected chi connectivity index (χ0v) is 10.0. The number of ether oxygens (including phenoxy) is 1. The maximum absolute atomic E-state index is 13.4. The Labute approximate surface area is 108 Å². The quantitative estimate of drug-likeness (QED) is 0.931. The van der Waals surface area contributed by atoms with Gasteiger partial charge in [0.25, 0.3) is 5.88 Å². The van der Waals surface area contributed by atoms with Gasteiger partial charge in [-0.1, -0.05) is 0 Å². The van der Waals surface area contributed by atoms with Crippen LogP contribution in [-0.4, -0.2) is 18.3 Å². The Balaban J connectivity index is 0.00000162. The molecule has 1 aromatic carbocycles. The monoisotopic (exact) mass is 276 g/mol. The summed E-state index contributed by atoms with van der Waals surface area (Å²) in [5.41, 5.74) is 5.38. The van der Waals surface area contributed by atoms with Gasteiger partial charge < -0.3 is 15.0 Å². The zero-order valence-electron chi connectivity index (χ0n) is 9.23. The van der Waals surface area contributed by atoms with Gasteiger partial charge in [-0.3, -0.25) is 0 Å². The Morgan fingerprint density at radius 1 is 1.28 bits per heavy atom. The van der Waals surface area contributed by atoms with E-state index in [1.807, 2.05) is 0 Å². The number of aromatic nitrogens is 1. The molecular formula is C11H11ClF2N2O2. The van der Waals surface area contributed by atoms with Crippen LogP contribution in [0.2, 0.25) is 0 Å². The van der Waals surface area contributed by atoms with Crippen molar-refractivity contribution in [2.75, 3.05) is 13.2 Å². The minimum absolute atomic E-state index is 0. The standard InChI is InChI=1S/C11H10F2N2O2.ClH/c12-7-1-2-8(9(13)5-7)10-6-11(15-17-10)16-4-3-14;/h1-2,5-6H,3-4,14H2;1H. The third-order valence-corrected chi connectivity index (χ3v) is 2.05. The summed E-state index contributed by atoms with van der Waals surface area (Å²) in [7, 11) is 0. The van der Waals surface area contributed by atoms with Crippen molar-refractivity contribution in [1.29, 1.82) is 0 Å². The molecule has 0 aliphatic carbocycles. The molecule has 0 fully saturated rings. The first-order chi connectivity index (χ1) is 8.20. The summed E-state index contributed by atoms with van der Waals surface area (Å²) in [6, 6.07) is 4.61. The van der Waals surface area contributed by atoms with Crippen molar-refractivity contribution in [2.24, 2.45) is 5.73 Å². The van der Waals surface area contributed by atoms with E-state index in [4.69, 9.17) is 15.0 Å². The van der Waals surface area contributed by atoms with Crippen LogP contribution in [0.15, 0.2) is 28.8 Å². The number of hydrogen-bond acceptors (Lipinski definition) is 4. The highest BCUT2D eigenvalue weighted by Gasteiger charge is 2.12. The predicted molar refractivity (Wildman–Crippen MR) is 63.7 cm³/mol. The van der Waals surface area contributed by atoms with Gasteiger partial charge in [0.1, 0.15) is 18.2 Å². The van der Waals surface area contributed by atoms with Gasteiger partial charge in [-0.2, -0.15) is 0 Å². The molecule has 0 aliphatic rings. The number of hydrogen-bond donors (Lipinski definition) is 1. The van der Waals surface area contributed by atoms with Crippen LogP contribution in [0.3, 0.4) is 0 Å². The van der Waals surface area contributed by atoms with E-state index in [0.29, 0.717) is 6.54 Å². The third-order valence-electron chi connectivity index (χ3n) is 2.05. The molecule has 0 radical (unpaired) electrons. The highest BCUT2D eigenvalue weighted by Crippen LogP contribution is 2.26. The van der Waals surface area contributed by atoms with Gasteiger partial charge in [0.15, 0.2) is 5.76 Å². The number of rotatable bonds is 4. The average Bonchev–Trinajstić information content (AvgIpc) is 2.75. The molecule has 0 spiro atoms. The lowest BCUT2D eigenvalue weighted by Gasteiger charge is -1.97. The van der Waals surface area contributed by atoms with Gasteiger partial charge in [-0.05, 0) is 17.3 Å². The lowest BCUT2D eigenvalue weighted by molar-refractivity contribution is 0.288. The van der Waals surface area contributed by atoms with Crippen molar-refractivity contribution >= 4 is 12.4 Å². The molecule has 1 heterocycles. The average molecular weight is 277 g/mol. The minimum atomic E-state index is -0.716. The first kappa shape index (κ1) is 14.4. The molecular weight excluding hydrogens is 266 g/mol. The van der Waals surface area contributed by atoms with Crippen LogP contribution >= 0.6 is 12.4 Å². The van der Waals surface area contributed by atoms with E-state index in [-0.39, 0.29) is 36.2 Å². The maximum Gasteiger partial charge on any atom is 0.254 e. The zero-order chi connectivity index (χ0) is 12.3. The van der Waals surface area contributed by atoms with Crippen molar-refractivity contribution in [2.45, 2.75) is 0 Å². The van der Waals surface area contributed by atoms with Crippen molar-refractivity contribution in [3.63, 3.8) is 0 Å². The van der Waals surface area contributed by atoms with E-state index >= 15 is 0 Å². The Kier molecular flexibility index (Phi) is 5.06. The summed E-state index contributed by atoms with van der Waals surface area (Å²) in [6.07, 6.45) is 0. The third kappa shape index (κ3) is 3.18. The minimum Gasteiger partial charge on any atom is -0.474 e. The number of benzene rings is 1. The highest BCUT2D eigenvalue weighted by molar-refractivity contribution is 5.85. The molecule has 2 N–H and O–H groups in total. The van der Waals surface area contributed by atoms with E-state index in [0.717, 1.165) is 12.1 Å². The second kappa shape index (κ2) is 6.32. The van der Waals surface area contributed by atoms with Crippen molar-refractivity contribution in [1.82, 2.24) is 5.16 Å². The first-order valence-electron chi connectivity index (χ1n) is 4.95. The topological polar surface area (TPSA) is 61.3 Å². The van der Waals surface area contributed by atoms with Gasteiger partial charge in [0, 0.05) is 18.7 Å². The molecule has 0 saturated carbocycles. The largest absolute Gasteiger partial charge is 0.474 e. The Bertz CT molecular complexity index is 519. The SMILES string of the molecule is Cl.NCCOc1cc(-c2ccc(F)cc2F)on1. The number of nitrogens with two attached hydrogens (primary N) is 1. The number of nitrogens with zero attached hydrogens (tertiary/aromatic N) is 1. The second-order valence-corrected chi connectivity index (χ2v) is 3.29. The van der Waals surface area contributed by atoms with Gasteiger partial charge in [-0.15, -0.1) is 12.4 Å². The molecule has 1 aromatic heterocycles. The fourth-order valence-corrected chi connectivity index (χ4v) is 1.31. The van der Waals surface area contributed by atoms with Crippen LogP contribution in [0.5, 0.6) is 5.88 Å². The highest BCUT2D eigenvalue weighted by atomic mass is 35.5. The van der Waals surface area contributed by atoms with E-state index in [1.54, 1.807) is 0 Å². The molecule has 98 valence electrons. The summed E-state index contributed by atoms with van der Waals surface area (Å²) in [5, 5.41) is 3.58. The molecule has 0 amide bonds. The summed E-state index contributed by atoms with van der Waals surface area (Å²) in [5.74, 6) is -0.972. The first-order valence-corrected chi connectivity index (χ1v) is 4.95. The van der Waals surface area contributed by atoms with Crippen LogP contribution in [-0.2, 0) is 0 Å². The molecule has 0 saturated heterocycles. The fraction of sp³-hybridized carbons (Fsp3) is 0.182. The summed E-state index contributed by atoms with van der Waals surface area (Å²) >= 11 is 0. The Morgan fingerprint density at radius 2 is 2.06 bits per heavy atom. The molecule has 2 rings (SSSR count). The smallest absolute Gasteiger partial charge is 0.254 e. The molecule has 0 bridgehead atoms. The molecule has 7 heteroatoms. The molecule has 0 aliphatic heterocycles. The van der Waals surface area contributed by atoms with Crippen molar-refractivity contribution < 1.29 is 18.0 Å². The molecule has 4 nitrogen and oxygen atoms in total. The predicted octanol–water partition coefficient (Wildman–Crippen LogP) is 2.38. The van der Waals surface area contributed by atoms with Crippen LogP contribution in [0.25, 0.3) is 11.3 Å². The van der Waals surface area contributed by atoms with Gasteiger partial charge in [-0.25, -0.2) is 8.78 Å². The van der Waals surface area contributed by atoms with Crippen LogP contribution in [0.1, 0.15) is 0 Å². The van der Waals surface area contributed by atoms with E-state index < -0.39 is 11.6 Å². The Hall–Kier alpha value is -1.66. The van der Waals surface area contributed by atoms with Gasteiger partial charge in [0.05, 0.1) is 5.56 Å². The molecule has 0 atom stereocenters. The summed E-state index contributed by atoms with van der Waals surface area (Å²) in [6.45, 7) is 0.630. The molecule has 0 unspecified atom stereocenters. The van der Waals surface area contributed by atoms with Crippen LogP contribution in [0, 0.1) is 11.6 Å². The lowest BCUT2D eigenvalue weighted by Crippen LogP contribution is -2.10. The van der Waals surface area contributed by atoms with E-state index in [1.165, 1.54) is 12.1 Å². The van der Waals surface area contributed by atoms with Crippen LogP contribution < -0.4 is 10.5 Å². The number of halogens is 3. The molecule has 18 heavy (non-hydrogen) atoms. The summed E-state index contributed by atoms with van der Waals surface area (Å²) < 4.78 is 36.1. The summed E-state index contributed by atoms with van der Waals surface area (Å²) in [4.78, 5) is 0. The Morgan fingerprint density at radius 3 is 2.72 bits per heavy atom. The van der Waals surface area contributed by atoms with Crippen molar-refractivity contribution in [3.05, 3.63) is 35.9 Å². The fourth-order valence-electron chi connectivity index (χ4n) is 1.31. The van der Waals surface area contributed by atoms with Gasteiger partial charge >= 0.3 is 0 Å². The second-order valence-electron chi connectivity index (χ2n) is 3.29. The maximum atomic E-state index is 13.4. The normalized spacial score (nSPS) is 9.94. The lowest BCUT2D eigenvalue weighted by atomic mass is 10.1. The van der Waals surface area contributed by atoms with Gasteiger partial charge in [0.2, 0.25) is 0 Å². The molecule has 2 aromatic rings. The van der Waals surface area contributed by atoms with E-state index in [9.17, 15) is 8.78 Å².